The van der Waals surface area contributed by atoms with Gasteiger partial charge >= 0.3 is 0 Å². The molecule has 2 aliphatic heterocycles. The van der Waals surface area contributed by atoms with E-state index >= 15 is 0 Å². The second-order valence-electron chi connectivity index (χ2n) is 5.14. The van der Waals surface area contributed by atoms with Crippen LogP contribution in [0, 0.1) is 0 Å². The van der Waals surface area contributed by atoms with E-state index < -0.39 is 0 Å². The highest BCUT2D eigenvalue weighted by Gasteiger charge is 2.51. The number of rotatable bonds is 0. The first kappa shape index (κ1) is 13.9. The van der Waals surface area contributed by atoms with Gasteiger partial charge in [0.1, 0.15) is 6.17 Å². The summed E-state index contributed by atoms with van der Waals surface area (Å²) in [6, 6.07) is 1.85. The Morgan fingerprint density at radius 2 is 2.10 bits per heavy atom. The lowest BCUT2D eigenvalue weighted by Crippen LogP contribution is -2.45. The van der Waals surface area contributed by atoms with Gasteiger partial charge in [-0.15, -0.1) is 0 Å². The average molecular weight is 403 g/mol. The molecule has 0 saturated carbocycles. The fraction of sp³-hybridized carbons (Fsp3) is 0.385. The molecule has 7 heteroatoms. The molecule has 2 N–H and O–H groups in total. The third-order valence-corrected chi connectivity index (χ3v) is 5.56. The molecule has 0 aliphatic carbocycles. The first-order valence-electron chi connectivity index (χ1n) is 6.17. The van der Waals surface area contributed by atoms with Crippen LogP contribution in [0.15, 0.2) is 15.0 Å². The zero-order valence-corrected chi connectivity index (χ0v) is 14.2. The van der Waals surface area contributed by atoms with Gasteiger partial charge in [0.25, 0.3) is 0 Å². The lowest BCUT2D eigenvalue weighted by atomic mass is 9.98. The Bertz CT molecular complexity index is 647. The molecule has 0 bridgehead atoms. The van der Waals surface area contributed by atoms with Crippen LogP contribution in [-0.2, 0) is 9.59 Å². The second-order valence-corrected chi connectivity index (χ2v) is 6.78. The van der Waals surface area contributed by atoms with Gasteiger partial charge < -0.3 is 10.6 Å². The number of anilines is 2. The first-order chi connectivity index (χ1) is 9.34. The number of benzene rings is 1. The number of likely N-dealkylation sites (tertiary alicyclic amines) is 1. The summed E-state index contributed by atoms with van der Waals surface area (Å²) < 4.78 is 1.51. The van der Waals surface area contributed by atoms with Gasteiger partial charge in [-0.3, -0.25) is 14.5 Å². The molecule has 2 atom stereocenters. The Kier molecular flexibility index (Phi) is 3.10. The number of nitrogens with two attached hydrogens (primary N) is 1. The number of carbonyl (C=O) groups excluding carboxylic acids is 2. The van der Waals surface area contributed by atoms with Gasteiger partial charge in [-0.25, -0.2) is 0 Å². The van der Waals surface area contributed by atoms with Crippen LogP contribution < -0.4 is 10.6 Å². The van der Waals surface area contributed by atoms with Gasteiger partial charge in [0.15, 0.2) is 0 Å². The van der Waals surface area contributed by atoms with Crippen molar-refractivity contribution >= 4 is 55.0 Å². The Morgan fingerprint density at radius 1 is 1.45 bits per heavy atom. The highest BCUT2D eigenvalue weighted by molar-refractivity contribution is 9.11. The molecular formula is C13H13Br2N3O2. The van der Waals surface area contributed by atoms with Gasteiger partial charge in [-0.1, -0.05) is 0 Å². The SMILES string of the molecule is CC(=O)N1c2cc(Br)c(N)c(Br)c2C2CC(=O)N(C)C21. The molecule has 1 aromatic rings. The van der Waals surface area contributed by atoms with Crippen molar-refractivity contribution in [3.05, 3.63) is 20.6 Å². The molecule has 2 aliphatic rings. The van der Waals surface area contributed by atoms with Crippen molar-refractivity contribution in [3.8, 4) is 0 Å². The van der Waals surface area contributed by atoms with Crippen LogP contribution in [-0.4, -0.2) is 29.9 Å². The van der Waals surface area contributed by atoms with Gasteiger partial charge in [-0.2, -0.15) is 0 Å². The van der Waals surface area contributed by atoms with Crippen LogP contribution >= 0.6 is 31.9 Å². The maximum Gasteiger partial charge on any atom is 0.225 e. The highest BCUT2D eigenvalue weighted by Crippen LogP contribution is 2.53. The molecule has 106 valence electrons. The molecule has 1 fully saturated rings. The smallest absolute Gasteiger partial charge is 0.225 e. The fourth-order valence-corrected chi connectivity index (χ4v) is 4.54. The van der Waals surface area contributed by atoms with E-state index in [0.717, 1.165) is 20.2 Å². The van der Waals surface area contributed by atoms with Gasteiger partial charge in [0, 0.05) is 35.3 Å². The van der Waals surface area contributed by atoms with Crippen molar-refractivity contribution < 1.29 is 9.59 Å². The number of hydrogen-bond acceptors (Lipinski definition) is 3. The van der Waals surface area contributed by atoms with Crippen LogP contribution in [0.2, 0.25) is 0 Å². The van der Waals surface area contributed by atoms with E-state index in [1.54, 1.807) is 16.8 Å². The molecule has 2 amide bonds. The predicted octanol–water partition coefficient (Wildman–Crippen LogP) is 2.43. The summed E-state index contributed by atoms with van der Waals surface area (Å²) in [4.78, 5) is 27.3. The molecule has 0 radical (unpaired) electrons. The zero-order chi connectivity index (χ0) is 14.8. The minimum Gasteiger partial charge on any atom is -0.397 e. The average Bonchev–Trinajstić information content (AvgIpc) is 2.82. The highest BCUT2D eigenvalue weighted by atomic mass is 79.9. The van der Waals surface area contributed by atoms with Crippen LogP contribution in [0.1, 0.15) is 24.8 Å². The first-order valence-corrected chi connectivity index (χ1v) is 7.76. The van der Waals surface area contributed by atoms with E-state index in [2.05, 4.69) is 31.9 Å². The predicted molar refractivity (Wildman–Crippen MR) is 83.3 cm³/mol. The van der Waals surface area contributed by atoms with Crippen LogP contribution in [0.25, 0.3) is 0 Å². The summed E-state index contributed by atoms with van der Waals surface area (Å²) in [7, 11) is 1.74. The van der Waals surface area contributed by atoms with E-state index in [4.69, 9.17) is 5.73 Å². The third kappa shape index (κ3) is 1.65. The Labute approximate surface area is 133 Å². The van der Waals surface area contributed by atoms with E-state index in [0.29, 0.717) is 12.1 Å². The van der Waals surface area contributed by atoms with Crippen LogP contribution in [0.4, 0.5) is 11.4 Å². The van der Waals surface area contributed by atoms with Crippen molar-refractivity contribution in [3.63, 3.8) is 0 Å². The topological polar surface area (TPSA) is 66.6 Å². The Balaban J connectivity index is 2.27. The number of halogens is 2. The molecule has 2 unspecified atom stereocenters. The van der Waals surface area contributed by atoms with E-state index in [1.807, 2.05) is 6.07 Å². The van der Waals surface area contributed by atoms with Crippen molar-refractivity contribution in [2.45, 2.75) is 25.4 Å². The van der Waals surface area contributed by atoms with Crippen molar-refractivity contribution in [2.75, 3.05) is 17.7 Å². The summed E-state index contributed by atoms with van der Waals surface area (Å²) >= 11 is 6.92. The molecule has 20 heavy (non-hydrogen) atoms. The molecular weight excluding hydrogens is 390 g/mol. The summed E-state index contributed by atoms with van der Waals surface area (Å²) in [5, 5.41) is 0. The normalized spacial score (nSPS) is 24.1. The number of nitrogen functional groups attached to an aromatic ring is 1. The summed E-state index contributed by atoms with van der Waals surface area (Å²) in [5.41, 5.74) is 8.39. The van der Waals surface area contributed by atoms with Crippen molar-refractivity contribution in [1.29, 1.82) is 0 Å². The minimum atomic E-state index is -0.250. The Morgan fingerprint density at radius 3 is 2.70 bits per heavy atom. The minimum absolute atomic E-state index is 0.0313. The van der Waals surface area contributed by atoms with E-state index in [-0.39, 0.29) is 23.9 Å². The number of fused-ring (bicyclic) bond motifs is 3. The van der Waals surface area contributed by atoms with Gasteiger partial charge in [0.05, 0.1) is 11.4 Å². The summed E-state index contributed by atoms with van der Waals surface area (Å²) in [5.74, 6) is -0.0645. The third-order valence-electron chi connectivity index (χ3n) is 4.05. The molecule has 1 saturated heterocycles. The molecule has 0 aromatic heterocycles. The lowest BCUT2D eigenvalue weighted by Gasteiger charge is -2.29. The summed E-state index contributed by atoms with van der Waals surface area (Å²) in [6.45, 7) is 1.51. The molecule has 3 rings (SSSR count). The number of hydrogen-bond donors (Lipinski definition) is 1. The number of likely N-dealkylation sites (N-methyl/N-ethyl adjacent to an activating group) is 1. The van der Waals surface area contributed by atoms with Crippen molar-refractivity contribution in [2.24, 2.45) is 0 Å². The molecule has 5 nitrogen and oxygen atoms in total. The maximum absolute atomic E-state index is 12.0. The molecule has 0 spiro atoms. The van der Waals surface area contributed by atoms with Crippen molar-refractivity contribution in [1.82, 2.24) is 4.90 Å². The standard InChI is InChI=1S/C13H13Br2N3O2/c1-5(19)18-8-4-7(14)12(16)11(15)10(8)6-3-9(20)17(2)13(6)18/h4,6,13H,3,16H2,1-2H3. The number of amides is 2. The molecule has 1 aromatic carbocycles. The Hall–Kier alpha value is -1.08. The largest absolute Gasteiger partial charge is 0.397 e. The lowest BCUT2D eigenvalue weighted by molar-refractivity contribution is -0.128. The number of nitrogens with zero attached hydrogens (tertiary/aromatic N) is 2. The van der Waals surface area contributed by atoms with Crippen LogP contribution in [0.3, 0.4) is 0 Å². The van der Waals surface area contributed by atoms with Gasteiger partial charge in [0.2, 0.25) is 11.8 Å². The monoisotopic (exact) mass is 401 g/mol. The zero-order valence-electron chi connectivity index (χ0n) is 11.0. The van der Waals surface area contributed by atoms with E-state index in [1.165, 1.54) is 6.92 Å². The fourth-order valence-electron chi connectivity index (χ4n) is 3.15. The maximum atomic E-state index is 12.0. The summed E-state index contributed by atoms with van der Waals surface area (Å²) in [6.07, 6.45) is 0.150. The van der Waals surface area contributed by atoms with E-state index in [9.17, 15) is 9.59 Å². The number of carbonyl (C=O) groups is 2. The van der Waals surface area contributed by atoms with Crippen LogP contribution in [0.5, 0.6) is 0 Å². The quantitative estimate of drug-likeness (QED) is 0.677. The van der Waals surface area contributed by atoms with Gasteiger partial charge in [-0.05, 0) is 43.5 Å². The second kappa shape index (κ2) is 4.46. The molecule has 2 heterocycles.